The van der Waals surface area contributed by atoms with Gasteiger partial charge in [0.25, 0.3) is 0 Å². The van der Waals surface area contributed by atoms with Crippen LogP contribution in [0.25, 0.3) is 0 Å². The molecule has 3 N–H and O–H groups in total. The number of hydrogen-bond acceptors (Lipinski definition) is 7. The van der Waals surface area contributed by atoms with Gasteiger partial charge in [0, 0.05) is 17.0 Å². The topological polar surface area (TPSA) is 97.2 Å². The molecule has 0 fully saturated rings. The number of carbonyl (C=O) groups is 1. The highest BCUT2D eigenvalue weighted by Crippen LogP contribution is 2.41. The van der Waals surface area contributed by atoms with E-state index in [0.29, 0.717) is 30.3 Å². The number of carboxylic acids is 1. The minimum Gasteiger partial charge on any atom is -0.493 e. The van der Waals surface area contributed by atoms with Crippen LogP contribution in [-0.4, -0.2) is 56.2 Å². The molecular formula is C21H28ClNO6S. The number of ether oxygens (including phenoxy) is 3. The standard InChI is InChI=1S/C21H27NO6S.ClH/c1-26-16-7-6-13(10-17(16)27-2)8-9-22-11-14(23)12-28-19-15-4-3-5-18(15)29-20(19)21(24)25;/h6-7,10,14,22-23H,3-5,8-9,11-12H2,1-2H3,(H,24,25);1H. The number of aliphatic hydroxyl groups excluding tert-OH is 1. The number of carboxylic acid groups (broad SMARTS) is 1. The van der Waals surface area contributed by atoms with Gasteiger partial charge in [0.15, 0.2) is 16.4 Å². The van der Waals surface area contributed by atoms with Gasteiger partial charge < -0.3 is 29.7 Å². The number of thiophene rings is 1. The van der Waals surface area contributed by atoms with Crippen molar-refractivity contribution in [3.8, 4) is 17.2 Å². The van der Waals surface area contributed by atoms with Crippen molar-refractivity contribution < 1.29 is 29.2 Å². The summed E-state index contributed by atoms with van der Waals surface area (Å²) in [7, 11) is 3.21. The van der Waals surface area contributed by atoms with Crippen LogP contribution in [0.5, 0.6) is 17.2 Å². The van der Waals surface area contributed by atoms with Gasteiger partial charge in [-0.15, -0.1) is 23.7 Å². The molecule has 0 saturated heterocycles. The zero-order valence-electron chi connectivity index (χ0n) is 17.1. The summed E-state index contributed by atoms with van der Waals surface area (Å²) >= 11 is 1.29. The van der Waals surface area contributed by atoms with E-state index in [0.717, 1.165) is 41.7 Å². The van der Waals surface area contributed by atoms with Crippen LogP contribution in [0.4, 0.5) is 0 Å². The Morgan fingerprint density at radius 1 is 1.23 bits per heavy atom. The average molecular weight is 458 g/mol. The molecule has 0 radical (unpaired) electrons. The molecule has 0 aliphatic heterocycles. The van der Waals surface area contributed by atoms with E-state index in [4.69, 9.17) is 14.2 Å². The summed E-state index contributed by atoms with van der Waals surface area (Å²) in [6, 6.07) is 5.79. The number of benzene rings is 1. The Kier molecular flexibility index (Phi) is 9.23. The molecule has 0 bridgehead atoms. The van der Waals surface area contributed by atoms with Crippen molar-refractivity contribution in [2.75, 3.05) is 33.9 Å². The minimum absolute atomic E-state index is 0. The highest BCUT2D eigenvalue weighted by atomic mass is 35.5. The van der Waals surface area contributed by atoms with Gasteiger partial charge in [-0.1, -0.05) is 6.07 Å². The van der Waals surface area contributed by atoms with Crippen LogP contribution in [0.2, 0.25) is 0 Å². The molecule has 1 atom stereocenters. The second kappa shape index (κ2) is 11.4. The van der Waals surface area contributed by atoms with E-state index in [2.05, 4.69) is 5.32 Å². The lowest BCUT2D eigenvalue weighted by atomic mass is 10.1. The summed E-state index contributed by atoms with van der Waals surface area (Å²) in [4.78, 5) is 12.8. The summed E-state index contributed by atoms with van der Waals surface area (Å²) in [5.74, 6) is 0.856. The van der Waals surface area contributed by atoms with Crippen molar-refractivity contribution >= 4 is 29.7 Å². The monoisotopic (exact) mass is 457 g/mol. The quantitative estimate of drug-likeness (QED) is 0.446. The van der Waals surface area contributed by atoms with E-state index in [1.54, 1.807) is 14.2 Å². The van der Waals surface area contributed by atoms with E-state index < -0.39 is 12.1 Å². The maximum absolute atomic E-state index is 11.4. The second-order valence-electron chi connectivity index (χ2n) is 6.93. The molecule has 1 unspecified atom stereocenters. The Hall–Kier alpha value is -2.00. The number of rotatable bonds is 11. The zero-order valence-corrected chi connectivity index (χ0v) is 18.7. The number of nitrogens with one attached hydrogen (secondary N) is 1. The third-order valence-electron chi connectivity index (χ3n) is 4.91. The predicted molar refractivity (Wildman–Crippen MR) is 118 cm³/mol. The van der Waals surface area contributed by atoms with Gasteiger partial charge in [-0.2, -0.15) is 0 Å². The highest BCUT2D eigenvalue weighted by Gasteiger charge is 2.27. The van der Waals surface area contributed by atoms with Gasteiger partial charge in [0.05, 0.1) is 14.2 Å². The summed E-state index contributed by atoms with van der Waals surface area (Å²) in [6.45, 7) is 1.11. The SMILES string of the molecule is COc1ccc(CCNCC(O)COc2c(C(=O)O)sc3c2CCC3)cc1OC.Cl. The molecule has 1 heterocycles. The molecular weight excluding hydrogens is 430 g/mol. The molecule has 7 nitrogen and oxygen atoms in total. The first kappa shape index (κ1) is 24.3. The van der Waals surface area contributed by atoms with Crippen molar-refractivity contribution in [2.24, 2.45) is 0 Å². The van der Waals surface area contributed by atoms with Crippen LogP contribution in [0.1, 0.15) is 32.1 Å². The lowest BCUT2D eigenvalue weighted by molar-refractivity contribution is 0.0689. The molecule has 30 heavy (non-hydrogen) atoms. The molecule has 1 aromatic carbocycles. The van der Waals surface area contributed by atoms with Gasteiger partial charge in [0.1, 0.15) is 18.5 Å². The van der Waals surface area contributed by atoms with Crippen molar-refractivity contribution in [3.63, 3.8) is 0 Å². The Morgan fingerprint density at radius 2 is 2.00 bits per heavy atom. The minimum atomic E-state index is -0.970. The van der Waals surface area contributed by atoms with Crippen LogP contribution in [0.3, 0.4) is 0 Å². The second-order valence-corrected chi connectivity index (χ2v) is 8.03. The summed E-state index contributed by atoms with van der Waals surface area (Å²) in [5.41, 5.74) is 2.10. The first-order valence-electron chi connectivity index (χ1n) is 9.63. The van der Waals surface area contributed by atoms with E-state index >= 15 is 0 Å². The lowest BCUT2D eigenvalue weighted by Gasteiger charge is -2.14. The fraction of sp³-hybridized carbons (Fsp3) is 0.476. The Morgan fingerprint density at radius 3 is 2.70 bits per heavy atom. The number of aliphatic hydroxyl groups is 1. The van der Waals surface area contributed by atoms with Crippen LogP contribution in [-0.2, 0) is 19.3 Å². The first-order chi connectivity index (χ1) is 14.0. The number of aryl methyl sites for hydroxylation is 1. The molecule has 0 amide bonds. The average Bonchev–Trinajstić information content (AvgIpc) is 3.31. The third-order valence-corrected chi connectivity index (χ3v) is 6.17. The van der Waals surface area contributed by atoms with E-state index in [-0.39, 0.29) is 23.9 Å². The van der Waals surface area contributed by atoms with E-state index in [9.17, 15) is 15.0 Å². The molecule has 166 valence electrons. The van der Waals surface area contributed by atoms with Crippen LogP contribution in [0, 0.1) is 0 Å². The molecule has 1 aliphatic rings. The molecule has 1 aromatic heterocycles. The summed E-state index contributed by atoms with van der Waals surface area (Å²) in [5, 5.41) is 22.8. The van der Waals surface area contributed by atoms with Crippen molar-refractivity contribution in [3.05, 3.63) is 39.1 Å². The lowest BCUT2D eigenvalue weighted by Crippen LogP contribution is -2.32. The highest BCUT2D eigenvalue weighted by molar-refractivity contribution is 7.14. The van der Waals surface area contributed by atoms with Crippen LogP contribution < -0.4 is 19.5 Å². The number of aromatic carboxylic acids is 1. The normalized spacial score (nSPS) is 13.3. The van der Waals surface area contributed by atoms with Gasteiger partial charge in [-0.3, -0.25) is 0 Å². The van der Waals surface area contributed by atoms with Crippen molar-refractivity contribution in [2.45, 2.75) is 31.8 Å². The smallest absolute Gasteiger partial charge is 0.349 e. The molecule has 3 rings (SSSR count). The van der Waals surface area contributed by atoms with Gasteiger partial charge in [-0.25, -0.2) is 4.79 Å². The fourth-order valence-corrected chi connectivity index (χ4v) is 4.62. The van der Waals surface area contributed by atoms with E-state index in [1.165, 1.54) is 11.3 Å². The summed E-state index contributed by atoms with van der Waals surface area (Å²) in [6.07, 6.45) is 2.82. The molecule has 0 spiro atoms. The van der Waals surface area contributed by atoms with Gasteiger partial charge in [-0.05, 0) is 49.9 Å². The molecule has 2 aromatic rings. The first-order valence-corrected chi connectivity index (χ1v) is 10.5. The fourth-order valence-electron chi connectivity index (χ4n) is 3.44. The van der Waals surface area contributed by atoms with Crippen molar-refractivity contribution in [1.29, 1.82) is 0 Å². The number of methoxy groups -OCH3 is 2. The maximum atomic E-state index is 11.4. The molecule has 1 aliphatic carbocycles. The van der Waals surface area contributed by atoms with Gasteiger partial charge in [0.2, 0.25) is 0 Å². The van der Waals surface area contributed by atoms with E-state index in [1.807, 2.05) is 18.2 Å². The third kappa shape index (κ3) is 5.78. The zero-order chi connectivity index (χ0) is 20.8. The Balaban J connectivity index is 0.00000320. The molecule has 0 saturated carbocycles. The Bertz CT molecular complexity index is 856. The molecule has 9 heteroatoms. The van der Waals surface area contributed by atoms with Gasteiger partial charge >= 0.3 is 5.97 Å². The van der Waals surface area contributed by atoms with Crippen molar-refractivity contribution in [1.82, 2.24) is 5.32 Å². The Labute approximate surface area is 186 Å². The number of halogens is 1. The summed E-state index contributed by atoms with van der Waals surface area (Å²) < 4.78 is 16.3. The largest absolute Gasteiger partial charge is 0.493 e. The van der Waals surface area contributed by atoms with Crippen LogP contribution >= 0.6 is 23.7 Å². The predicted octanol–water partition coefficient (Wildman–Crippen LogP) is 2.95. The number of hydrogen-bond donors (Lipinski definition) is 3. The maximum Gasteiger partial charge on any atom is 0.349 e. The van der Waals surface area contributed by atoms with Crippen LogP contribution in [0.15, 0.2) is 18.2 Å². The number of fused-ring (bicyclic) bond motifs is 1.